The summed E-state index contributed by atoms with van der Waals surface area (Å²) in [7, 11) is 0. The maximum Gasteiger partial charge on any atom is 0.224 e. The summed E-state index contributed by atoms with van der Waals surface area (Å²) < 4.78 is 1.74. The third-order valence-electron chi connectivity index (χ3n) is 4.55. The van der Waals surface area contributed by atoms with Crippen molar-refractivity contribution in [1.82, 2.24) is 9.78 Å². The van der Waals surface area contributed by atoms with Crippen molar-refractivity contribution in [3.8, 4) is 0 Å². The summed E-state index contributed by atoms with van der Waals surface area (Å²) in [6.45, 7) is 4.55. The number of aromatic nitrogens is 2. The monoisotopic (exact) mass is 402 g/mol. The minimum Gasteiger partial charge on any atom is -0.326 e. The third-order valence-corrected chi connectivity index (χ3v) is 4.55. The zero-order valence-corrected chi connectivity index (χ0v) is 17.3. The number of allylic oxidation sites excluding steroid dienone is 1. The van der Waals surface area contributed by atoms with Crippen LogP contribution in [0.15, 0.2) is 67.0 Å². The van der Waals surface area contributed by atoms with E-state index in [2.05, 4.69) is 15.7 Å². The molecule has 0 unspecified atom stereocenters. The van der Waals surface area contributed by atoms with Crippen LogP contribution in [0.2, 0.25) is 0 Å². The SMILES string of the molecule is Cc1ccc(NC(=O)CCC(=O)Nc2cnn(C/C=C/c3ccccc3)c2)c(C)c1. The Labute approximate surface area is 176 Å². The second-order valence-corrected chi connectivity index (χ2v) is 7.18. The fraction of sp³-hybridized carbons (Fsp3) is 0.208. The molecule has 3 aromatic rings. The number of nitrogens with one attached hydrogen (secondary N) is 2. The zero-order chi connectivity index (χ0) is 21.3. The lowest BCUT2D eigenvalue weighted by molar-refractivity contribution is -0.121. The Morgan fingerprint density at radius 2 is 1.73 bits per heavy atom. The van der Waals surface area contributed by atoms with Crippen molar-refractivity contribution in [2.75, 3.05) is 10.6 Å². The topological polar surface area (TPSA) is 76.0 Å². The Hall–Kier alpha value is -3.67. The van der Waals surface area contributed by atoms with Crippen LogP contribution in [-0.2, 0) is 16.1 Å². The van der Waals surface area contributed by atoms with E-state index in [1.54, 1.807) is 17.1 Å². The molecule has 0 saturated heterocycles. The highest BCUT2D eigenvalue weighted by molar-refractivity contribution is 5.97. The lowest BCUT2D eigenvalue weighted by atomic mass is 10.1. The molecular weight excluding hydrogens is 376 g/mol. The molecule has 2 amide bonds. The first-order valence-electron chi connectivity index (χ1n) is 9.90. The van der Waals surface area contributed by atoms with Crippen LogP contribution in [0.25, 0.3) is 6.08 Å². The minimum absolute atomic E-state index is 0.107. The van der Waals surface area contributed by atoms with Gasteiger partial charge < -0.3 is 10.6 Å². The molecule has 0 bridgehead atoms. The third kappa shape index (κ3) is 6.44. The Bertz CT molecular complexity index is 1040. The van der Waals surface area contributed by atoms with Crippen molar-refractivity contribution in [3.05, 3.63) is 83.7 Å². The molecule has 154 valence electrons. The van der Waals surface area contributed by atoms with Crippen LogP contribution in [0.3, 0.4) is 0 Å². The zero-order valence-electron chi connectivity index (χ0n) is 17.3. The molecule has 30 heavy (non-hydrogen) atoms. The number of carbonyl (C=O) groups excluding carboxylic acids is 2. The summed E-state index contributed by atoms with van der Waals surface area (Å²) in [5, 5.41) is 9.88. The van der Waals surface area contributed by atoms with Gasteiger partial charge in [0.2, 0.25) is 11.8 Å². The van der Waals surface area contributed by atoms with E-state index in [1.807, 2.05) is 74.5 Å². The van der Waals surface area contributed by atoms with Crippen LogP contribution in [0.5, 0.6) is 0 Å². The van der Waals surface area contributed by atoms with Gasteiger partial charge in [0.15, 0.2) is 0 Å². The molecule has 6 nitrogen and oxygen atoms in total. The van der Waals surface area contributed by atoms with E-state index in [-0.39, 0.29) is 24.7 Å². The molecule has 0 aliphatic carbocycles. The Morgan fingerprint density at radius 1 is 1.00 bits per heavy atom. The fourth-order valence-electron chi connectivity index (χ4n) is 3.01. The predicted molar refractivity (Wildman–Crippen MR) is 120 cm³/mol. The number of carbonyl (C=O) groups is 2. The molecule has 0 atom stereocenters. The number of anilines is 2. The van der Waals surface area contributed by atoms with Gasteiger partial charge in [0.1, 0.15) is 0 Å². The van der Waals surface area contributed by atoms with Crippen molar-refractivity contribution in [2.24, 2.45) is 0 Å². The van der Waals surface area contributed by atoms with E-state index < -0.39 is 0 Å². The van der Waals surface area contributed by atoms with Crippen molar-refractivity contribution >= 4 is 29.3 Å². The van der Waals surface area contributed by atoms with Crippen molar-refractivity contribution < 1.29 is 9.59 Å². The number of amides is 2. The standard InChI is InChI=1S/C24H26N4O2/c1-18-10-11-22(19(2)15-18)27-24(30)13-12-23(29)26-21-16-25-28(17-21)14-6-9-20-7-4-3-5-8-20/h3-11,15-17H,12-14H2,1-2H3,(H,26,29)(H,27,30)/b9-6+. The van der Waals surface area contributed by atoms with Crippen LogP contribution < -0.4 is 10.6 Å². The quantitative estimate of drug-likeness (QED) is 0.579. The maximum absolute atomic E-state index is 12.1. The molecule has 0 radical (unpaired) electrons. The molecule has 6 heteroatoms. The van der Waals surface area contributed by atoms with Gasteiger partial charge in [-0.1, -0.05) is 60.2 Å². The summed E-state index contributed by atoms with van der Waals surface area (Å²) in [6, 6.07) is 15.9. The van der Waals surface area contributed by atoms with E-state index >= 15 is 0 Å². The predicted octanol–water partition coefficient (Wildman–Crippen LogP) is 4.57. The molecule has 0 saturated carbocycles. The van der Waals surface area contributed by atoms with Crippen LogP contribution in [0.4, 0.5) is 11.4 Å². The summed E-state index contributed by atoms with van der Waals surface area (Å²) >= 11 is 0. The van der Waals surface area contributed by atoms with Gasteiger partial charge in [-0.15, -0.1) is 0 Å². The minimum atomic E-state index is -0.217. The Balaban J connectivity index is 1.42. The van der Waals surface area contributed by atoms with E-state index in [1.165, 1.54) is 0 Å². The molecule has 3 rings (SSSR count). The van der Waals surface area contributed by atoms with E-state index in [0.717, 1.165) is 22.4 Å². The van der Waals surface area contributed by atoms with Crippen molar-refractivity contribution in [1.29, 1.82) is 0 Å². The van der Waals surface area contributed by atoms with Crippen LogP contribution in [0.1, 0.15) is 29.5 Å². The average Bonchev–Trinajstić information content (AvgIpc) is 3.16. The van der Waals surface area contributed by atoms with Crippen molar-refractivity contribution in [3.63, 3.8) is 0 Å². The van der Waals surface area contributed by atoms with Crippen LogP contribution >= 0.6 is 0 Å². The highest BCUT2D eigenvalue weighted by Gasteiger charge is 2.10. The first-order chi connectivity index (χ1) is 14.5. The van der Waals surface area contributed by atoms with Gasteiger partial charge >= 0.3 is 0 Å². The molecule has 0 aliphatic heterocycles. The number of rotatable bonds is 8. The van der Waals surface area contributed by atoms with E-state index in [4.69, 9.17) is 0 Å². The van der Waals surface area contributed by atoms with Crippen LogP contribution in [-0.4, -0.2) is 21.6 Å². The van der Waals surface area contributed by atoms with Gasteiger partial charge in [-0.3, -0.25) is 14.3 Å². The summed E-state index contributed by atoms with van der Waals surface area (Å²) in [6.07, 6.45) is 7.62. The normalized spacial score (nSPS) is 10.9. The number of aryl methyl sites for hydroxylation is 2. The van der Waals surface area contributed by atoms with Gasteiger partial charge in [-0.25, -0.2) is 0 Å². The Morgan fingerprint density at radius 3 is 2.47 bits per heavy atom. The average molecular weight is 402 g/mol. The molecule has 2 N–H and O–H groups in total. The second kappa shape index (κ2) is 10.2. The number of benzene rings is 2. The maximum atomic E-state index is 12.1. The van der Waals surface area contributed by atoms with Crippen LogP contribution in [0, 0.1) is 13.8 Å². The first kappa shape index (κ1) is 21.0. The molecule has 0 aliphatic rings. The molecule has 1 heterocycles. The smallest absolute Gasteiger partial charge is 0.224 e. The van der Waals surface area contributed by atoms with Gasteiger partial charge in [-0.05, 0) is 31.0 Å². The van der Waals surface area contributed by atoms with Gasteiger partial charge in [0, 0.05) is 24.7 Å². The molecular formula is C24H26N4O2. The summed E-state index contributed by atoms with van der Waals surface area (Å²) in [5.41, 5.74) is 4.65. The van der Waals surface area contributed by atoms with Gasteiger partial charge in [0.05, 0.1) is 18.4 Å². The Kier molecular flexibility index (Phi) is 7.16. The highest BCUT2D eigenvalue weighted by Crippen LogP contribution is 2.16. The number of hydrogen-bond donors (Lipinski definition) is 2. The van der Waals surface area contributed by atoms with E-state index in [9.17, 15) is 9.59 Å². The number of hydrogen-bond acceptors (Lipinski definition) is 3. The fourth-order valence-corrected chi connectivity index (χ4v) is 3.01. The molecule has 2 aromatic carbocycles. The first-order valence-corrected chi connectivity index (χ1v) is 9.90. The lowest BCUT2D eigenvalue weighted by Gasteiger charge is -2.09. The summed E-state index contributed by atoms with van der Waals surface area (Å²) in [5.74, 6) is -0.399. The van der Waals surface area contributed by atoms with E-state index in [0.29, 0.717) is 12.2 Å². The second-order valence-electron chi connectivity index (χ2n) is 7.18. The largest absolute Gasteiger partial charge is 0.326 e. The van der Waals surface area contributed by atoms with Gasteiger partial charge in [0.25, 0.3) is 0 Å². The summed E-state index contributed by atoms with van der Waals surface area (Å²) in [4.78, 5) is 24.3. The highest BCUT2D eigenvalue weighted by atomic mass is 16.2. The lowest BCUT2D eigenvalue weighted by Crippen LogP contribution is -2.17. The van der Waals surface area contributed by atoms with Gasteiger partial charge in [-0.2, -0.15) is 5.10 Å². The number of nitrogens with zero attached hydrogens (tertiary/aromatic N) is 2. The molecule has 0 spiro atoms. The molecule has 0 fully saturated rings. The van der Waals surface area contributed by atoms with Crippen molar-refractivity contribution in [2.45, 2.75) is 33.2 Å². The molecule has 1 aromatic heterocycles.